The van der Waals surface area contributed by atoms with Gasteiger partial charge >= 0.3 is 0 Å². The van der Waals surface area contributed by atoms with Gasteiger partial charge in [-0.2, -0.15) is 0 Å². The highest BCUT2D eigenvalue weighted by Gasteiger charge is 2.30. The van der Waals surface area contributed by atoms with Gasteiger partial charge in [0, 0.05) is 25.8 Å². The monoisotopic (exact) mass is 267 g/mol. The summed E-state index contributed by atoms with van der Waals surface area (Å²) in [4.78, 5) is 18.4. The summed E-state index contributed by atoms with van der Waals surface area (Å²) in [6, 6.07) is 1.97. The largest absolute Gasteiger partial charge is 0.372 e. The van der Waals surface area contributed by atoms with Crippen molar-refractivity contribution < 1.29 is 4.79 Å². The Morgan fingerprint density at radius 1 is 1.56 bits per heavy atom. The highest BCUT2D eigenvalue weighted by atomic mass is 35.5. The van der Waals surface area contributed by atoms with Crippen molar-refractivity contribution in [3.05, 3.63) is 22.8 Å². The van der Waals surface area contributed by atoms with Crippen molar-refractivity contribution in [3.8, 4) is 0 Å². The molecule has 0 aromatic carbocycles. The molecule has 18 heavy (non-hydrogen) atoms. The van der Waals surface area contributed by atoms with Crippen molar-refractivity contribution in [1.29, 1.82) is 0 Å². The smallest absolute Gasteiger partial charge is 0.255 e. The third-order valence-corrected chi connectivity index (χ3v) is 3.66. The van der Waals surface area contributed by atoms with Crippen LogP contribution in [0.25, 0.3) is 0 Å². The normalized spacial score (nSPS) is 23.2. The molecular weight excluding hydrogens is 250 g/mol. The third-order valence-electron chi connectivity index (χ3n) is 3.37. The van der Waals surface area contributed by atoms with E-state index in [-0.39, 0.29) is 11.9 Å². The van der Waals surface area contributed by atoms with Crippen molar-refractivity contribution >= 4 is 23.3 Å². The highest BCUT2D eigenvalue weighted by molar-refractivity contribution is 6.33. The Hall–Kier alpha value is -1.29. The molecule has 1 aromatic heterocycles. The molecule has 1 saturated heterocycles. The molecule has 0 spiro atoms. The molecule has 0 bridgehead atoms. The first-order valence-corrected chi connectivity index (χ1v) is 6.55. The van der Waals surface area contributed by atoms with E-state index < -0.39 is 0 Å². The van der Waals surface area contributed by atoms with Gasteiger partial charge in [0.25, 0.3) is 5.91 Å². The minimum atomic E-state index is 0.0175. The highest BCUT2D eigenvalue weighted by Crippen LogP contribution is 2.26. The Labute approximate surface area is 112 Å². The van der Waals surface area contributed by atoms with Crippen LogP contribution in [0.15, 0.2) is 12.3 Å². The molecule has 4 nitrogen and oxygen atoms in total. The van der Waals surface area contributed by atoms with Gasteiger partial charge in [0.05, 0.1) is 10.6 Å². The molecule has 2 rings (SSSR count). The molecule has 1 amide bonds. The number of hydrogen-bond acceptors (Lipinski definition) is 3. The standard InChI is InChI=1S/C13H18ClN3O/c1-8-4-9(2)17(7-8)13(18)10-5-11(14)12(15-3)16-6-10/h5-6,8-9H,4,7H2,1-3H3,(H,15,16). The van der Waals surface area contributed by atoms with Crippen LogP contribution in [-0.4, -0.2) is 35.4 Å². The first-order chi connectivity index (χ1) is 8.52. The number of amides is 1. The van der Waals surface area contributed by atoms with Crippen LogP contribution in [0.5, 0.6) is 0 Å². The van der Waals surface area contributed by atoms with Gasteiger partial charge in [-0.1, -0.05) is 18.5 Å². The maximum atomic E-state index is 12.4. The molecule has 1 aliphatic heterocycles. The van der Waals surface area contributed by atoms with E-state index in [0.29, 0.717) is 22.3 Å². The predicted molar refractivity (Wildman–Crippen MR) is 73.1 cm³/mol. The maximum Gasteiger partial charge on any atom is 0.255 e. The van der Waals surface area contributed by atoms with E-state index in [1.165, 1.54) is 0 Å². The second-order valence-electron chi connectivity index (χ2n) is 4.95. The van der Waals surface area contributed by atoms with Crippen LogP contribution in [0.4, 0.5) is 5.82 Å². The zero-order valence-electron chi connectivity index (χ0n) is 10.9. The van der Waals surface area contributed by atoms with E-state index in [1.54, 1.807) is 19.3 Å². The van der Waals surface area contributed by atoms with Crippen LogP contribution in [0.3, 0.4) is 0 Å². The Kier molecular flexibility index (Phi) is 3.76. The molecule has 0 radical (unpaired) electrons. The minimum Gasteiger partial charge on any atom is -0.372 e. The summed E-state index contributed by atoms with van der Waals surface area (Å²) in [6.07, 6.45) is 2.64. The summed E-state index contributed by atoms with van der Waals surface area (Å²) in [5, 5.41) is 3.35. The van der Waals surface area contributed by atoms with Crippen molar-refractivity contribution in [1.82, 2.24) is 9.88 Å². The van der Waals surface area contributed by atoms with Crippen LogP contribution in [0.1, 0.15) is 30.6 Å². The van der Waals surface area contributed by atoms with Gasteiger partial charge in [-0.15, -0.1) is 0 Å². The van der Waals surface area contributed by atoms with Gasteiger partial charge in [0.2, 0.25) is 0 Å². The molecule has 2 atom stereocenters. The summed E-state index contributed by atoms with van der Waals surface area (Å²) in [5.74, 6) is 1.17. The fraction of sp³-hybridized carbons (Fsp3) is 0.538. The van der Waals surface area contributed by atoms with Crippen molar-refractivity contribution in [2.45, 2.75) is 26.3 Å². The Morgan fingerprint density at radius 3 is 2.78 bits per heavy atom. The van der Waals surface area contributed by atoms with Crippen molar-refractivity contribution in [3.63, 3.8) is 0 Å². The average molecular weight is 268 g/mol. The first-order valence-electron chi connectivity index (χ1n) is 6.17. The van der Waals surface area contributed by atoms with Crippen LogP contribution in [0.2, 0.25) is 5.02 Å². The van der Waals surface area contributed by atoms with Gasteiger partial charge in [0.1, 0.15) is 5.82 Å². The average Bonchev–Trinajstić information content (AvgIpc) is 2.67. The zero-order valence-corrected chi connectivity index (χ0v) is 11.7. The number of anilines is 1. The number of nitrogens with zero attached hydrogens (tertiary/aromatic N) is 2. The molecule has 98 valence electrons. The maximum absolute atomic E-state index is 12.4. The number of likely N-dealkylation sites (tertiary alicyclic amines) is 1. The molecule has 1 fully saturated rings. The molecule has 1 aliphatic rings. The van der Waals surface area contributed by atoms with Gasteiger partial charge in [-0.25, -0.2) is 4.98 Å². The lowest BCUT2D eigenvalue weighted by Crippen LogP contribution is -2.34. The fourth-order valence-corrected chi connectivity index (χ4v) is 2.75. The molecule has 0 aliphatic carbocycles. The van der Waals surface area contributed by atoms with E-state index in [9.17, 15) is 4.79 Å². The van der Waals surface area contributed by atoms with Crippen LogP contribution < -0.4 is 5.32 Å². The number of rotatable bonds is 2. The SMILES string of the molecule is CNc1ncc(C(=O)N2CC(C)CC2C)cc1Cl. The summed E-state index contributed by atoms with van der Waals surface area (Å²) in [5.41, 5.74) is 0.556. The van der Waals surface area contributed by atoms with Crippen LogP contribution >= 0.6 is 11.6 Å². The van der Waals surface area contributed by atoms with Gasteiger partial charge in [-0.05, 0) is 25.3 Å². The molecule has 1 N–H and O–H groups in total. The van der Waals surface area contributed by atoms with Crippen LogP contribution in [0, 0.1) is 5.92 Å². The van der Waals surface area contributed by atoms with Crippen LogP contribution in [-0.2, 0) is 0 Å². The summed E-state index contributed by atoms with van der Waals surface area (Å²) >= 11 is 6.05. The second-order valence-corrected chi connectivity index (χ2v) is 5.36. The number of aromatic nitrogens is 1. The lowest BCUT2D eigenvalue weighted by atomic mass is 10.1. The Bertz CT molecular complexity index is 464. The van der Waals surface area contributed by atoms with E-state index in [0.717, 1.165) is 13.0 Å². The summed E-state index contributed by atoms with van der Waals surface area (Å²) < 4.78 is 0. The van der Waals surface area contributed by atoms with Crippen molar-refractivity contribution in [2.75, 3.05) is 18.9 Å². The number of hydrogen-bond donors (Lipinski definition) is 1. The molecule has 2 heterocycles. The molecule has 1 aromatic rings. The van der Waals surface area contributed by atoms with Gasteiger partial charge in [-0.3, -0.25) is 4.79 Å². The number of nitrogens with one attached hydrogen (secondary N) is 1. The lowest BCUT2D eigenvalue weighted by molar-refractivity contribution is 0.0743. The third kappa shape index (κ3) is 2.43. The summed E-state index contributed by atoms with van der Waals surface area (Å²) in [7, 11) is 1.75. The molecular formula is C13H18ClN3O. The van der Waals surface area contributed by atoms with E-state index >= 15 is 0 Å². The predicted octanol–water partition coefficient (Wildman–Crippen LogP) is 2.65. The number of halogens is 1. The minimum absolute atomic E-state index is 0.0175. The molecule has 2 unspecified atom stereocenters. The van der Waals surface area contributed by atoms with E-state index in [2.05, 4.69) is 24.1 Å². The number of pyridine rings is 1. The summed E-state index contributed by atoms with van der Waals surface area (Å²) in [6.45, 7) is 5.06. The van der Waals surface area contributed by atoms with Gasteiger partial charge < -0.3 is 10.2 Å². The number of carbonyl (C=O) groups is 1. The quantitative estimate of drug-likeness (QED) is 0.896. The number of carbonyl (C=O) groups excluding carboxylic acids is 1. The molecule has 0 saturated carbocycles. The topological polar surface area (TPSA) is 45.2 Å². The van der Waals surface area contributed by atoms with Gasteiger partial charge in [0.15, 0.2) is 0 Å². The fourth-order valence-electron chi connectivity index (χ4n) is 2.49. The first kappa shape index (κ1) is 13.1. The van der Waals surface area contributed by atoms with E-state index in [1.807, 2.05) is 4.90 Å². The second kappa shape index (κ2) is 5.14. The van der Waals surface area contributed by atoms with E-state index in [4.69, 9.17) is 11.6 Å². The Balaban J connectivity index is 2.21. The Morgan fingerprint density at radius 2 is 2.28 bits per heavy atom. The molecule has 5 heteroatoms. The zero-order chi connectivity index (χ0) is 13.3. The van der Waals surface area contributed by atoms with Crippen molar-refractivity contribution in [2.24, 2.45) is 5.92 Å². The lowest BCUT2D eigenvalue weighted by Gasteiger charge is -2.21.